The molecule has 0 aliphatic rings. The summed E-state index contributed by atoms with van der Waals surface area (Å²) < 4.78 is 13.2. The van der Waals surface area contributed by atoms with Crippen molar-refractivity contribution in [1.29, 1.82) is 0 Å². The first kappa shape index (κ1) is 14.4. The molecule has 3 N–H and O–H groups in total. The van der Waals surface area contributed by atoms with E-state index in [0.717, 1.165) is 0 Å². The third-order valence-corrected chi connectivity index (χ3v) is 3.39. The second-order valence-electron chi connectivity index (χ2n) is 4.02. The standard InChI is InChI=1S/C12H17ClFNO2/c1-2-12(7-16,8-17)15-6-9-4-3-5-10(14)11(9)13/h3-5,15-17H,2,6-8H2,1H3. The second kappa shape index (κ2) is 6.31. The van der Waals surface area contributed by atoms with E-state index in [9.17, 15) is 14.6 Å². The molecule has 0 aromatic heterocycles. The molecule has 0 bridgehead atoms. The Morgan fingerprint density at radius 2 is 2.00 bits per heavy atom. The molecule has 96 valence electrons. The Morgan fingerprint density at radius 3 is 2.53 bits per heavy atom. The summed E-state index contributed by atoms with van der Waals surface area (Å²) in [6.07, 6.45) is 0.562. The molecule has 1 rings (SSSR count). The van der Waals surface area contributed by atoms with E-state index in [1.165, 1.54) is 6.07 Å². The number of hydrogen-bond acceptors (Lipinski definition) is 3. The van der Waals surface area contributed by atoms with Gasteiger partial charge in [0.05, 0.1) is 23.8 Å². The highest BCUT2D eigenvalue weighted by Crippen LogP contribution is 2.20. The summed E-state index contributed by atoms with van der Waals surface area (Å²) >= 11 is 5.81. The Bertz CT molecular complexity index is 361. The van der Waals surface area contributed by atoms with Crippen LogP contribution in [0.3, 0.4) is 0 Å². The van der Waals surface area contributed by atoms with Gasteiger partial charge in [-0.3, -0.25) is 0 Å². The van der Waals surface area contributed by atoms with Crippen LogP contribution in [0.5, 0.6) is 0 Å². The van der Waals surface area contributed by atoms with Crippen LogP contribution in [0.4, 0.5) is 4.39 Å². The highest BCUT2D eigenvalue weighted by molar-refractivity contribution is 6.31. The molecule has 0 spiro atoms. The average molecular weight is 262 g/mol. The van der Waals surface area contributed by atoms with Crippen LogP contribution < -0.4 is 5.32 Å². The molecule has 1 aromatic carbocycles. The molecule has 0 unspecified atom stereocenters. The number of hydrogen-bond donors (Lipinski definition) is 3. The van der Waals surface area contributed by atoms with Crippen molar-refractivity contribution in [2.75, 3.05) is 13.2 Å². The zero-order chi connectivity index (χ0) is 12.9. The van der Waals surface area contributed by atoms with Crippen molar-refractivity contribution >= 4 is 11.6 Å². The van der Waals surface area contributed by atoms with Crippen LogP contribution >= 0.6 is 11.6 Å². The van der Waals surface area contributed by atoms with Gasteiger partial charge in [-0.2, -0.15) is 0 Å². The van der Waals surface area contributed by atoms with Gasteiger partial charge in [-0.05, 0) is 18.1 Å². The number of aliphatic hydroxyl groups excluding tert-OH is 2. The molecule has 3 nitrogen and oxygen atoms in total. The summed E-state index contributed by atoms with van der Waals surface area (Å²) in [4.78, 5) is 0. The summed E-state index contributed by atoms with van der Waals surface area (Å²) in [6.45, 7) is 1.78. The Balaban J connectivity index is 2.75. The van der Waals surface area contributed by atoms with Crippen molar-refractivity contribution in [3.63, 3.8) is 0 Å². The summed E-state index contributed by atoms with van der Waals surface area (Å²) in [5.41, 5.74) is -0.151. The molecule has 5 heteroatoms. The van der Waals surface area contributed by atoms with Gasteiger partial charge in [0.1, 0.15) is 5.82 Å². The zero-order valence-electron chi connectivity index (χ0n) is 9.71. The normalized spacial score (nSPS) is 11.8. The number of benzene rings is 1. The highest BCUT2D eigenvalue weighted by Gasteiger charge is 2.25. The van der Waals surface area contributed by atoms with E-state index in [0.29, 0.717) is 18.5 Å². The minimum Gasteiger partial charge on any atom is -0.394 e. The number of halogens is 2. The molecule has 0 amide bonds. The van der Waals surface area contributed by atoms with Crippen molar-refractivity contribution in [3.05, 3.63) is 34.6 Å². The molecule has 0 aliphatic heterocycles. The lowest BCUT2D eigenvalue weighted by molar-refractivity contribution is 0.0864. The van der Waals surface area contributed by atoms with Crippen LogP contribution in [0, 0.1) is 5.82 Å². The number of nitrogens with one attached hydrogen (secondary N) is 1. The highest BCUT2D eigenvalue weighted by atomic mass is 35.5. The predicted molar refractivity (Wildman–Crippen MR) is 65.4 cm³/mol. The van der Waals surface area contributed by atoms with Gasteiger partial charge >= 0.3 is 0 Å². The molecule has 0 heterocycles. The third kappa shape index (κ3) is 3.39. The molecule has 1 aromatic rings. The molecule has 0 radical (unpaired) electrons. The molecule has 0 atom stereocenters. The van der Waals surface area contributed by atoms with Crippen LogP contribution in [0.15, 0.2) is 18.2 Å². The Hall–Kier alpha value is -0.680. The van der Waals surface area contributed by atoms with E-state index >= 15 is 0 Å². The predicted octanol–water partition coefficient (Wildman–Crippen LogP) is 1.70. The second-order valence-corrected chi connectivity index (χ2v) is 4.39. The van der Waals surface area contributed by atoms with Crippen LogP contribution in [0.2, 0.25) is 5.02 Å². The van der Waals surface area contributed by atoms with E-state index in [4.69, 9.17) is 11.6 Å². The lowest BCUT2D eigenvalue weighted by atomic mass is 9.98. The monoisotopic (exact) mass is 261 g/mol. The van der Waals surface area contributed by atoms with Crippen molar-refractivity contribution in [1.82, 2.24) is 5.32 Å². The average Bonchev–Trinajstić information content (AvgIpc) is 2.36. The van der Waals surface area contributed by atoms with Crippen molar-refractivity contribution in [2.24, 2.45) is 0 Å². The van der Waals surface area contributed by atoms with E-state index in [2.05, 4.69) is 5.32 Å². The maximum Gasteiger partial charge on any atom is 0.142 e. The topological polar surface area (TPSA) is 52.5 Å². The van der Waals surface area contributed by atoms with Crippen LogP contribution in [0.25, 0.3) is 0 Å². The summed E-state index contributed by atoms with van der Waals surface area (Å²) in [7, 11) is 0. The minimum atomic E-state index is -0.754. The van der Waals surface area contributed by atoms with Crippen LogP contribution in [-0.2, 0) is 6.54 Å². The van der Waals surface area contributed by atoms with Crippen molar-refractivity contribution < 1.29 is 14.6 Å². The Kier molecular flexibility index (Phi) is 5.33. The summed E-state index contributed by atoms with van der Waals surface area (Å²) in [5.74, 6) is -0.471. The van der Waals surface area contributed by atoms with Gasteiger partial charge < -0.3 is 15.5 Å². The maximum absolute atomic E-state index is 13.2. The smallest absolute Gasteiger partial charge is 0.142 e. The zero-order valence-corrected chi connectivity index (χ0v) is 10.5. The summed E-state index contributed by atoms with van der Waals surface area (Å²) in [6, 6.07) is 4.56. The Labute approximate surface area is 105 Å². The first-order valence-electron chi connectivity index (χ1n) is 5.48. The quantitative estimate of drug-likeness (QED) is 0.731. The lowest BCUT2D eigenvalue weighted by Crippen LogP contribution is -2.50. The molecule has 0 fully saturated rings. The van der Waals surface area contributed by atoms with Gasteiger partial charge in [0.25, 0.3) is 0 Å². The van der Waals surface area contributed by atoms with Gasteiger partial charge in [0, 0.05) is 6.54 Å². The fourth-order valence-corrected chi connectivity index (χ4v) is 1.67. The van der Waals surface area contributed by atoms with Crippen molar-refractivity contribution in [3.8, 4) is 0 Å². The largest absolute Gasteiger partial charge is 0.394 e. The first-order valence-corrected chi connectivity index (χ1v) is 5.86. The molecule has 0 saturated carbocycles. The first-order chi connectivity index (χ1) is 8.08. The Morgan fingerprint density at radius 1 is 1.35 bits per heavy atom. The minimum absolute atomic E-state index is 0.0703. The lowest BCUT2D eigenvalue weighted by Gasteiger charge is -2.30. The van der Waals surface area contributed by atoms with Gasteiger partial charge in [0.15, 0.2) is 0 Å². The van der Waals surface area contributed by atoms with E-state index in [1.807, 2.05) is 6.92 Å². The van der Waals surface area contributed by atoms with Gasteiger partial charge in [0.2, 0.25) is 0 Å². The molecule has 0 aliphatic carbocycles. The van der Waals surface area contributed by atoms with E-state index < -0.39 is 11.4 Å². The van der Waals surface area contributed by atoms with Crippen molar-refractivity contribution in [2.45, 2.75) is 25.4 Å². The van der Waals surface area contributed by atoms with Crippen LogP contribution in [-0.4, -0.2) is 29.0 Å². The van der Waals surface area contributed by atoms with Gasteiger partial charge in [-0.15, -0.1) is 0 Å². The fourth-order valence-electron chi connectivity index (χ4n) is 1.48. The molecular formula is C12H17ClFNO2. The molecular weight excluding hydrogens is 245 g/mol. The number of aliphatic hydroxyl groups is 2. The van der Waals surface area contributed by atoms with Gasteiger partial charge in [-0.1, -0.05) is 30.7 Å². The fraction of sp³-hybridized carbons (Fsp3) is 0.500. The van der Waals surface area contributed by atoms with E-state index in [1.54, 1.807) is 12.1 Å². The third-order valence-electron chi connectivity index (χ3n) is 2.97. The SMILES string of the molecule is CCC(CO)(CO)NCc1cccc(F)c1Cl. The maximum atomic E-state index is 13.2. The van der Waals surface area contributed by atoms with E-state index in [-0.39, 0.29) is 18.2 Å². The van der Waals surface area contributed by atoms with Crippen LogP contribution in [0.1, 0.15) is 18.9 Å². The summed E-state index contributed by atoms with van der Waals surface area (Å²) in [5, 5.41) is 21.6. The number of rotatable bonds is 6. The molecule has 0 saturated heterocycles. The molecule has 17 heavy (non-hydrogen) atoms. The van der Waals surface area contributed by atoms with Gasteiger partial charge in [-0.25, -0.2) is 4.39 Å².